The minimum Gasteiger partial charge on any atom is -0.340 e. The van der Waals surface area contributed by atoms with Crippen LogP contribution in [-0.2, 0) is 5.75 Å². The maximum Gasteiger partial charge on any atom is 0.0802 e. The third kappa shape index (κ3) is 3.48. The summed E-state index contributed by atoms with van der Waals surface area (Å²) >= 11 is 5.58. The number of thioether (sulfide) groups is 1. The molecule has 0 amide bonds. The van der Waals surface area contributed by atoms with E-state index in [4.69, 9.17) is 0 Å². The molecule has 0 atom stereocenters. The SMILES string of the molecule is C[NH+](C)CC/C=C1/c2cc(Br)ccc2CSc2ccccc21. The van der Waals surface area contributed by atoms with Gasteiger partial charge in [-0.15, -0.1) is 11.8 Å². The summed E-state index contributed by atoms with van der Waals surface area (Å²) in [5.74, 6) is 1.04. The Kier molecular flexibility index (Phi) is 5.07. The smallest absolute Gasteiger partial charge is 0.0802 e. The standard InChI is InChI=1S/C19H20BrNS/c1-21(2)11-5-7-16-17-6-3-4-8-19(17)22-13-14-9-10-15(20)12-18(14)16/h3-4,6-10,12H,5,11,13H2,1-2H3/p+1/b16-7+. The molecule has 0 aromatic heterocycles. The Morgan fingerprint density at radius 3 is 2.77 bits per heavy atom. The zero-order chi connectivity index (χ0) is 15.5. The molecule has 1 aliphatic heterocycles. The Balaban J connectivity index is 2.10. The van der Waals surface area contributed by atoms with Crippen molar-refractivity contribution in [1.82, 2.24) is 0 Å². The van der Waals surface area contributed by atoms with Gasteiger partial charge in [0.25, 0.3) is 0 Å². The third-order valence-corrected chi connectivity index (χ3v) is 5.53. The summed E-state index contributed by atoms with van der Waals surface area (Å²) in [6, 6.07) is 15.5. The highest BCUT2D eigenvalue weighted by Crippen LogP contribution is 2.40. The lowest BCUT2D eigenvalue weighted by Gasteiger charge is -2.12. The summed E-state index contributed by atoms with van der Waals surface area (Å²) in [7, 11) is 4.42. The number of nitrogens with one attached hydrogen (secondary N) is 1. The van der Waals surface area contributed by atoms with E-state index in [9.17, 15) is 0 Å². The van der Waals surface area contributed by atoms with Gasteiger partial charge in [-0.2, -0.15) is 0 Å². The molecule has 1 heterocycles. The van der Waals surface area contributed by atoms with Gasteiger partial charge < -0.3 is 4.90 Å². The molecule has 0 saturated carbocycles. The van der Waals surface area contributed by atoms with Crippen molar-refractivity contribution < 1.29 is 4.90 Å². The summed E-state index contributed by atoms with van der Waals surface area (Å²) in [6.45, 7) is 1.15. The van der Waals surface area contributed by atoms with Gasteiger partial charge >= 0.3 is 0 Å². The Morgan fingerprint density at radius 2 is 1.95 bits per heavy atom. The summed E-state index contributed by atoms with van der Waals surface area (Å²) in [6.07, 6.45) is 3.52. The molecule has 0 bridgehead atoms. The van der Waals surface area contributed by atoms with E-state index in [2.05, 4.69) is 78.6 Å². The predicted octanol–water partition coefficient (Wildman–Crippen LogP) is 4.02. The molecular weight excluding hydrogens is 354 g/mol. The lowest BCUT2D eigenvalue weighted by atomic mass is 9.93. The van der Waals surface area contributed by atoms with E-state index in [1.54, 1.807) is 0 Å². The molecule has 3 rings (SSSR count). The average Bonchev–Trinajstić information content (AvgIpc) is 2.65. The van der Waals surface area contributed by atoms with Crippen LogP contribution in [-0.4, -0.2) is 20.6 Å². The van der Waals surface area contributed by atoms with E-state index < -0.39 is 0 Å². The van der Waals surface area contributed by atoms with Gasteiger partial charge in [0.1, 0.15) is 0 Å². The van der Waals surface area contributed by atoms with Gasteiger partial charge in [0.2, 0.25) is 0 Å². The lowest BCUT2D eigenvalue weighted by Crippen LogP contribution is -3.05. The molecular formula is C19H21BrNS+. The second kappa shape index (κ2) is 7.03. The summed E-state index contributed by atoms with van der Waals surface area (Å²) in [5, 5.41) is 0. The molecule has 0 spiro atoms. The molecule has 1 nitrogen and oxygen atoms in total. The van der Waals surface area contributed by atoms with E-state index in [-0.39, 0.29) is 0 Å². The third-order valence-electron chi connectivity index (χ3n) is 3.92. The summed E-state index contributed by atoms with van der Waals surface area (Å²) in [5.41, 5.74) is 5.56. The minimum atomic E-state index is 1.04. The molecule has 0 unspecified atom stereocenters. The molecule has 2 aromatic rings. The normalized spacial score (nSPS) is 15.5. The van der Waals surface area contributed by atoms with Crippen LogP contribution < -0.4 is 4.90 Å². The summed E-state index contributed by atoms with van der Waals surface area (Å²) < 4.78 is 1.15. The van der Waals surface area contributed by atoms with Gasteiger partial charge in [-0.05, 0) is 40.5 Å². The van der Waals surface area contributed by atoms with Crippen LogP contribution in [0.5, 0.6) is 0 Å². The van der Waals surface area contributed by atoms with Crippen LogP contribution >= 0.6 is 27.7 Å². The zero-order valence-corrected chi connectivity index (χ0v) is 15.4. The van der Waals surface area contributed by atoms with Crippen LogP contribution in [0.2, 0.25) is 0 Å². The van der Waals surface area contributed by atoms with Crippen molar-refractivity contribution in [3.8, 4) is 0 Å². The van der Waals surface area contributed by atoms with E-state index in [1.165, 1.54) is 32.1 Å². The molecule has 22 heavy (non-hydrogen) atoms. The fourth-order valence-corrected chi connectivity index (χ4v) is 4.20. The van der Waals surface area contributed by atoms with Crippen molar-refractivity contribution in [1.29, 1.82) is 0 Å². The first-order chi connectivity index (χ1) is 10.6. The van der Waals surface area contributed by atoms with Crippen molar-refractivity contribution in [3.63, 3.8) is 0 Å². The number of rotatable bonds is 3. The number of benzene rings is 2. The Morgan fingerprint density at radius 1 is 1.14 bits per heavy atom. The maximum absolute atomic E-state index is 3.64. The highest BCUT2D eigenvalue weighted by atomic mass is 79.9. The summed E-state index contributed by atoms with van der Waals surface area (Å²) in [4.78, 5) is 2.88. The highest BCUT2D eigenvalue weighted by molar-refractivity contribution is 9.10. The van der Waals surface area contributed by atoms with Crippen LogP contribution in [0.4, 0.5) is 0 Å². The van der Waals surface area contributed by atoms with E-state index in [0.717, 1.165) is 23.2 Å². The van der Waals surface area contributed by atoms with Gasteiger partial charge in [0.15, 0.2) is 0 Å². The lowest BCUT2D eigenvalue weighted by molar-refractivity contribution is -0.857. The number of hydrogen-bond acceptors (Lipinski definition) is 1. The van der Waals surface area contributed by atoms with Gasteiger partial charge in [-0.1, -0.05) is 46.3 Å². The van der Waals surface area contributed by atoms with E-state index in [0.29, 0.717) is 0 Å². The minimum absolute atomic E-state index is 1.04. The van der Waals surface area contributed by atoms with Crippen LogP contribution in [0.1, 0.15) is 23.1 Å². The van der Waals surface area contributed by atoms with E-state index in [1.807, 2.05) is 11.8 Å². The first kappa shape index (κ1) is 15.9. The average molecular weight is 375 g/mol. The molecule has 0 radical (unpaired) electrons. The van der Waals surface area contributed by atoms with Crippen molar-refractivity contribution >= 4 is 33.3 Å². The second-order valence-corrected chi connectivity index (χ2v) is 7.88. The fraction of sp³-hybridized carbons (Fsp3) is 0.263. The molecule has 3 heteroatoms. The topological polar surface area (TPSA) is 4.44 Å². The molecule has 1 N–H and O–H groups in total. The van der Waals surface area contributed by atoms with Gasteiger partial charge in [0.05, 0.1) is 20.6 Å². The van der Waals surface area contributed by atoms with Crippen LogP contribution in [0, 0.1) is 0 Å². The van der Waals surface area contributed by atoms with E-state index >= 15 is 0 Å². The Labute approximate surface area is 145 Å². The number of halogens is 1. The van der Waals surface area contributed by atoms with Gasteiger partial charge in [-0.25, -0.2) is 0 Å². The first-order valence-corrected chi connectivity index (χ1v) is 9.43. The molecule has 0 aliphatic carbocycles. The second-order valence-electron chi connectivity index (χ2n) is 5.95. The Bertz CT molecular complexity index is 706. The van der Waals surface area contributed by atoms with Crippen molar-refractivity contribution in [2.24, 2.45) is 0 Å². The van der Waals surface area contributed by atoms with Crippen LogP contribution in [0.25, 0.3) is 5.57 Å². The molecule has 1 aliphatic rings. The molecule has 2 aromatic carbocycles. The van der Waals surface area contributed by atoms with Gasteiger partial charge in [-0.3, -0.25) is 0 Å². The van der Waals surface area contributed by atoms with Gasteiger partial charge in [0, 0.05) is 21.5 Å². The first-order valence-electron chi connectivity index (χ1n) is 7.65. The maximum atomic E-state index is 3.64. The van der Waals surface area contributed by atoms with Crippen molar-refractivity contribution in [2.45, 2.75) is 17.1 Å². The molecule has 0 fully saturated rings. The van der Waals surface area contributed by atoms with Crippen molar-refractivity contribution in [2.75, 3.05) is 20.6 Å². The number of quaternary nitrogens is 1. The Hall–Kier alpha value is -1.03. The monoisotopic (exact) mass is 374 g/mol. The highest BCUT2D eigenvalue weighted by Gasteiger charge is 2.18. The largest absolute Gasteiger partial charge is 0.340 e. The molecule has 114 valence electrons. The van der Waals surface area contributed by atoms with Crippen LogP contribution in [0.3, 0.4) is 0 Å². The van der Waals surface area contributed by atoms with Crippen LogP contribution in [0.15, 0.2) is 57.9 Å². The molecule has 0 saturated heterocycles. The zero-order valence-electron chi connectivity index (χ0n) is 13.0. The number of hydrogen-bond donors (Lipinski definition) is 1. The predicted molar refractivity (Wildman–Crippen MR) is 99.5 cm³/mol. The fourth-order valence-electron chi connectivity index (χ4n) is 2.77. The van der Waals surface area contributed by atoms with Crippen molar-refractivity contribution in [3.05, 3.63) is 69.7 Å². The number of fused-ring (bicyclic) bond motifs is 2. The quantitative estimate of drug-likeness (QED) is 0.849.